The number of rotatable bonds is 11. The molecular weight excluding hydrogens is 371 g/mol. The van der Waals surface area contributed by atoms with Crippen LogP contribution in [0, 0.1) is 0 Å². The summed E-state index contributed by atoms with van der Waals surface area (Å²) >= 11 is -2.16. The molecule has 0 saturated carbocycles. The molecule has 1 rings (SSSR count). The van der Waals surface area contributed by atoms with E-state index in [0.717, 1.165) is 0 Å². The van der Waals surface area contributed by atoms with Crippen molar-refractivity contribution in [3.8, 4) is 0 Å². The minimum absolute atomic E-state index is 1.36. The quantitative estimate of drug-likeness (QED) is 0.334. The van der Waals surface area contributed by atoms with Gasteiger partial charge < -0.3 is 0 Å². The second-order valence-electron chi connectivity index (χ2n) is 6.83. The van der Waals surface area contributed by atoms with Crippen molar-refractivity contribution in [3.63, 3.8) is 0 Å². The van der Waals surface area contributed by atoms with E-state index in [1.54, 1.807) is 13.3 Å². The van der Waals surface area contributed by atoms with Gasteiger partial charge in [0, 0.05) is 0 Å². The number of benzene rings is 1. The monoisotopic (exact) mass is 408 g/mol. The van der Waals surface area contributed by atoms with E-state index in [-0.39, 0.29) is 0 Å². The van der Waals surface area contributed by atoms with Crippen LogP contribution in [0.15, 0.2) is 33.9 Å². The Hall–Kier alpha value is -0.241. The van der Waals surface area contributed by atoms with Gasteiger partial charge in [0.15, 0.2) is 0 Å². The predicted molar refractivity (Wildman–Crippen MR) is 105 cm³/mol. The molecular formula is C21H36Sn. The van der Waals surface area contributed by atoms with Crippen molar-refractivity contribution < 1.29 is 0 Å². The fraction of sp³-hybridized carbons (Fsp3) is 0.619. The van der Waals surface area contributed by atoms with Crippen molar-refractivity contribution >= 4 is 24.5 Å². The Balaban J connectivity index is 3.04. The summed E-state index contributed by atoms with van der Waals surface area (Å²) in [5.74, 6) is 0. The zero-order chi connectivity index (χ0) is 16.3. The third kappa shape index (κ3) is 6.48. The van der Waals surface area contributed by atoms with Crippen LogP contribution in [0.5, 0.6) is 0 Å². The molecule has 1 aromatic rings. The average molecular weight is 407 g/mol. The summed E-state index contributed by atoms with van der Waals surface area (Å²) in [6.07, 6.45) is 11.0. The molecule has 0 heterocycles. The maximum absolute atomic E-state index is 2.54. The van der Waals surface area contributed by atoms with E-state index in [4.69, 9.17) is 0 Å². The van der Waals surface area contributed by atoms with Crippen LogP contribution in [0.2, 0.25) is 13.3 Å². The average Bonchev–Trinajstić information content (AvgIpc) is 2.55. The van der Waals surface area contributed by atoms with Gasteiger partial charge in [-0.15, -0.1) is 0 Å². The zero-order valence-corrected chi connectivity index (χ0v) is 18.2. The molecule has 0 aromatic heterocycles. The molecule has 0 aliphatic carbocycles. The van der Waals surface area contributed by atoms with Crippen LogP contribution < -0.4 is 0 Å². The van der Waals surface area contributed by atoms with Crippen molar-refractivity contribution in [1.29, 1.82) is 0 Å². The summed E-state index contributed by atoms with van der Waals surface area (Å²) in [5.41, 5.74) is 1.41. The van der Waals surface area contributed by atoms with Gasteiger partial charge >= 0.3 is 143 Å². The first kappa shape index (κ1) is 19.8. The predicted octanol–water partition coefficient (Wildman–Crippen LogP) is 7.48. The van der Waals surface area contributed by atoms with Gasteiger partial charge in [0.1, 0.15) is 0 Å². The molecule has 0 bridgehead atoms. The van der Waals surface area contributed by atoms with Crippen LogP contribution in [-0.4, -0.2) is 18.4 Å². The van der Waals surface area contributed by atoms with E-state index < -0.39 is 18.4 Å². The van der Waals surface area contributed by atoms with Gasteiger partial charge in [0.2, 0.25) is 0 Å². The summed E-state index contributed by atoms with van der Waals surface area (Å²) in [5, 5.41) is 0. The molecule has 0 unspecified atom stereocenters. The van der Waals surface area contributed by atoms with Crippen molar-refractivity contribution in [1.82, 2.24) is 0 Å². The van der Waals surface area contributed by atoms with Crippen LogP contribution in [-0.2, 0) is 0 Å². The molecule has 124 valence electrons. The van der Waals surface area contributed by atoms with Crippen molar-refractivity contribution in [2.24, 2.45) is 0 Å². The van der Waals surface area contributed by atoms with Gasteiger partial charge in [-0.1, -0.05) is 0 Å². The molecule has 0 atom stereocenters. The molecule has 0 saturated heterocycles. The zero-order valence-electron chi connectivity index (χ0n) is 15.3. The topological polar surface area (TPSA) is 0 Å². The van der Waals surface area contributed by atoms with Crippen molar-refractivity contribution in [2.75, 3.05) is 0 Å². The van der Waals surface area contributed by atoms with Gasteiger partial charge in [-0.05, 0) is 0 Å². The fourth-order valence-electron chi connectivity index (χ4n) is 3.46. The van der Waals surface area contributed by atoms with E-state index in [1.807, 2.05) is 3.59 Å². The van der Waals surface area contributed by atoms with E-state index in [0.29, 0.717) is 0 Å². The minimum atomic E-state index is -2.16. The molecule has 0 aliphatic rings. The van der Waals surface area contributed by atoms with E-state index in [1.165, 1.54) is 44.1 Å². The van der Waals surface area contributed by atoms with Crippen LogP contribution in [0.3, 0.4) is 0 Å². The molecule has 0 amide bonds. The van der Waals surface area contributed by atoms with Gasteiger partial charge in [0.25, 0.3) is 0 Å². The summed E-state index contributed by atoms with van der Waals surface area (Å²) in [4.78, 5) is 0. The molecule has 22 heavy (non-hydrogen) atoms. The first-order valence-electron chi connectivity index (χ1n) is 9.42. The van der Waals surface area contributed by atoms with E-state index >= 15 is 0 Å². The van der Waals surface area contributed by atoms with Gasteiger partial charge in [-0.25, -0.2) is 0 Å². The van der Waals surface area contributed by atoms with Gasteiger partial charge in [-0.3, -0.25) is 0 Å². The Morgan fingerprint density at radius 1 is 0.818 bits per heavy atom. The molecule has 1 heteroatoms. The van der Waals surface area contributed by atoms with Crippen LogP contribution in [0.4, 0.5) is 0 Å². The molecule has 0 nitrogen and oxygen atoms in total. The first-order chi connectivity index (χ1) is 10.7. The second-order valence-corrected chi connectivity index (χ2v) is 20.7. The standard InChI is InChI=1S/C9H9.3C4H9.Sn/c1-2-6-9-7-4-3-5-8-9;3*1-3-4-2;/h3-8H,1H3;3*1,3-4H2,2H3;. The normalized spacial score (nSPS) is 12.6. The Kier molecular flexibility index (Phi) is 10.2. The number of unbranched alkanes of at least 4 members (excludes halogenated alkanes) is 3. The molecule has 0 fully saturated rings. The summed E-state index contributed by atoms with van der Waals surface area (Å²) < 4.78 is 6.52. The Bertz CT molecular complexity index is 397. The Morgan fingerprint density at radius 3 is 1.68 bits per heavy atom. The summed E-state index contributed by atoms with van der Waals surface area (Å²) in [7, 11) is 0. The van der Waals surface area contributed by atoms with Crippen LogP contribution in [0.1, 0.15) is 71.8 Å². The third-order valence-electron chi connectivity index (χ3n) is 5.05. The SMILES string of the molecule is CCC[CH2][Sn]([CH2]CCC)([CH2]CCC)/[C](C)=C/c1ccccc1. The molecule has 0 spiro atoms. The van der Waals surface area contributed by atoms with Gasteiger partial charge in [-0.2, -0.15) is 0 Å². The van der Waals surface area contributed by atoms with Crippen molar-refractivity contribution in [2.45, 2.75) is 79.5 Å². The van der Waals surface area contributed by atoms with E-state index in [9.17, 15) is 0 Å². The molecule has 0 aliphatic heterocycles. The second kappa shape index (κ2) is 11.3. The number of hydrogen-bond donors (Lipinski definition) is 0. The molecule has 0 N–H and O–H groups in total. The first-order valence-corrected chi connectivity index (χ1v) is 16.9. The van der Waals surface area contributed by atoms with Crippen LogP contribution >= 0.6 is 0 Å². The van der Waals surface area contributed by atoms with E-state index in [2.05, 4.69) is 64.1 Å². The van der Waals surface area contributed by atoms with Crippen molar-refractivity contribution in [3.05, 3.63) is 39.5 Å². The maximum atomic E-state index is 2.54. The summed E-state index contributed by atoms with van der Waals surface area (Å²) in [6.45, 7) is 9.54. The number of hydrogen-bond acceptors (Lipinski definition) is 0. The molecule has 1 aromatic carbocycles. The van der Waals surface area contributed by atoms with Crippen LogP contribution in [0.25, 0.3) is 6.08 Å². The Morgan fingerprint density at radius 2 is 1.27 bits per heavy atom. The molecule has 0 radical (unpaired) electrons. The fourth-order valence-corrected chi connectivity index (χ4v) is 19.2. The third-order valence-corrected chi connectivity index (χ3v) is 21.5. The Labute approximate surface area is 143 Å². The number of allylic oxidation sites excluding steroid dienone is 1. The summed E-state index contributed by atoms with van der Waals surface area (Å²) in [6, 6.07) is 11.0. The van der Waals surface area contributed by atoms with Gasteiger partial charge in [0.05, 0.1) is 0 Å².